The Morgan fingerprint density at radius 2 is 2.45 bits per heavy atom. The van der Waals surface area contributed by atoms with Crippen LogP contribution in [0.15, 0.2) is 35.9 Å². The van der Waals surface area contributed by atoms with Gasteiger partial charge in [-0.2, -0.15) is 0 Å². The quantitative estimate of drug-likeness (QED) is 0.519. The van der Waals surface area contributed by atoms with E-state index in [0.29, 0.717) is 0 Å². The van der Waals surface area contributed by atoms with E-state index >= 15 is 0 Å². The number of fused-ring (bicyclic) bond motifs is 1. The first-order valence-corrected chi connectivity index (χ1v) is 3.77. The van der Waals surface area contributed by atoms with Crippen LogP contribution in [0.1, 0.15) is 6.92 Å². The van der Waals surface area contributed by atoms with Gasteiger partial charge in [0, 0.05) is 11.8 Å². The normalized spacial score (nSPS) is 22.3. The van der Waals surface area contributed by atoms with Gasteiger partial charge in [-0.25, -0.2) is 0 Å². The standard InChI is InChI=1S/C9H11NO/c1-7-3-4-10-5-6-11-9(10)8(7)2/h3-4H,1,5-6H2,2H3. The summed E-state index contributed by atoms with van der Waals surface area (Å²) in [5.74, 6) is 0.984. The first-order chi connectivity index (χ1) is 5.29. The van der Waals surface area contributed by atoms with Crippen LogP contribution in [0, 0.1) is 0 Å². The summed E-state index contributed by atoms with van der Waals surface area (Å²) >= 11 is 0. The first-order valence-electron chi connectivity index (χ1n) is 3.77. The van der Waals surface area contributed by atoms with Gasteiger partial charge in [0.05, 0.1) is 6.54 Å². The monoisotopic (exact) mass is 149 g/mol. The van der Waals surface area contributed by atoms with Gasteiger partial charge in [-0.1, -0.05) is 6.58 Å². The van der Waals surface area contributed by atoms with Crippen LogP contribution in [-0.2, 0) is 4.74 Å². The zero-order valence-corrected chi connectivity index (χ0v) is 6.63. The zero-order valence-electron chi connectivity index (χ0n) is 6.63. The molecule has 0 spiro atoms. The summed E-state index contributed by atoms with van der Waals surface area (Å²) in [6.45, 7) is 7.71. The lowest BCUT2D eigenvalue weighted by molar-refractivity contribution is 0.244. The number of rotatable bonds is 0. The Balaban J connectivity index is 2.41. The Labute approximate surface area is 66.5 Å². The van der Waals surface area contributed by atoms with Crippen molar-refractivity contribution in [2.24, 2.45) is 0 Å². The first kappa shape index (κ1) is 6.53. The molecule has 0 bridgehead atoms. The number of hydrogen-bond acceptors (Lipinski definition) is 2. The summed E-state index contributed by atoms with van der Waals surface area (Å²) in [6, 6.07) is 0. The third-order valence-corrected chi connectivity index (χ3v) is 2.09. The highest BCUT2D eigenvalue weighted by Gasteiger charge is 2.22. The molecule has 0 aromatic carbocycles. The topological polar surface area (TPSA) is 12.5 Å². The molecular formula is C9H11NO. The molecule has 58 valence electrons. The maximum absolute atomic E-state index is 5.43. The molecule has 2 rings (SSSR count). The molecule has 0 unspecified atom stereocenters. The van der Waals surface area contributed by atoms with Crippen molar-refractivity contribution in [3.05, 3.63) is 35.9 Å². The van der Waals surface area contributed by atoms with Gasteiger partial charge < -0.3 is 9.64 Å². The highest BCUT2D eigenvalue weighted by atomic mass is 16.5. The molecule has 0 radical (unpaired) electrons. The number of nitrogens with zero attached hydrogens (tertiary/aromatic N) is 1. The second kappa shape index (κ2) is 2.16. The van der Waals surface area contributed by atoms with Gasteiger partial charge in [0.15, 0.2) is 5.88 Å². The Bertz CT molecular complexity index is 263. The van der Waals surface area contributed by atoms with Crippen LogP contribution in [0.4, 0.5) is 0 Å². The van der Waals surface area contributed by atoms with Gasteiger partial charge >= 0.3 is 0 Å². The van der Waals surface area contributed by atoms with Gasteiger partial charge in [-0.15, -0.1) is 0 Å². The minimum absolute atomic E-state index is 0.796. The van der Waals surface area contributed by atoms with Crippen molar-refractivity contribution < 1.29 is 4.74 Å². The second-order valence-electron chi connectivity index (χ2n) is 2.81. The summed E-state index contributed by atoms with van der Waals surface area (Å²) in [7, 11) is 0. The van der Waals surface area contributed by atoms with Crippen molar-refractivity contribution in [3.63, 3.8) is 0 Å². The number of ether oxygens (including phenoxy) is 1. The van der Waals surface area contributed by atoms with Crippen molar-refractivity contribution in [1.29, 1.82) is 0 Å². The fraction of sp³-hybridized carbons (Fsp3) is 0.333. The van der Waals surface area contributed by atoms with E-state index in [9.17, 15) is 0 Å². The fourth-order valence-electron chi connectivity index (χ4n) is 1.33. The number of hydrogen-bond donors (Lipinski definition) is 0. The summed E-state index contributed by atoms with van der Waals surface area (Å²) < 4.78 is 5.43. The Hall–Kier alpha value is -1.18. The van der Waals surface area contributed by atoms with Gasteiger partial charge in [0.25, 0.3) is 0 Å². The molecule has 0 aliphatic carbocycles. The summed E-state index contributed by atoms with van der Waals surface area (Å²) in [4.78, 5) is 2.12. The SMILES string of the molecule is C=C1C=CN2CCOC2=C1C. The third kappa shape index (κ3) is 0.862. The molecule has 0 N–H and O–H groups in total. The largest absolute Gasteiger partial charge is 0.477 e. The van der Waals surface area contributed by atoms with Gasteiger partial charge in [-0.3, -0.25) is 0 Å². The number of allylic oxidation sites excluding steroid dienone is 3. The van der Waals surface area contributed by atoms with Gasteiger partial charge in [-0.05, 0) is 18.6 Å². The van der Waals surface area contributed by atoms with Crippen molar-refractivity contribution >= 4 is 0 Å². The molecule has 0 saturated carbocycles. The van der Waals surface area contributed by atoms with Gasteiger partial charge in [0.1, 0.15) is 6.61 Å². The Kier molecular flexibility index (Phi) is 1.28. The third-order valence-electron chi connectivity index (χ3n) is 2.09. The molecule has 2 nitrogen and oxygen atoms in total. The molecule has 11 heavy (non-hydrogen) atoms. The molecule has 0 amide bonds. The minimum atomic E-state index is 0.796. The molecular weight excluding hydrogens is 138 g/mol. The summed E-state index contributed by atoms with van der Waals surface area (Å²) in [5.41, 5.74) is 2.21. The minimum Gasteiger partial charge on any atom is -0.477 e. The second-order valence-corrected chi connectivity index (χ2v) is 2.81. The maximum atomic E-state index is 5.43. The van der Waals surface area contributed by atoms with Crippen molar-refractivity contribution in [2.45, 2.75) is 6.92 Å². The average molecular weight is 149 g/mol. The molecule has 0 aromatic rings. The van der Waals surface area contributed by atoms with E-state index in [2.05, 4.69) is 11.5 Å². The molecule has 2 aliphatic heterocycles. The van der Waals surface area contributed by atoms with Crippen LogP contribution < -0.4 is 0 Å². The Morgan fingerprint density at radius 1 is 1.64 bits per heavy atom. The molecule has 1 saturated heterocycles. The van der Waals surface area contributed by atoms with Crippen molar-refractivity contribution in [1.82, 2.24) is 4.90 Å². The van der Waals surface area contributed by atoms with Crippen molar-refractivity contribution in [3.8, 4) is 0 Å². The molecule has 2 heteroatoms. The maximum Gasteiger partial charge on any atom is 0.197 e. The van der Waals surface area contributed by atoms with Crippen LogP contribution >= 0.6 is 0 Å². The van der Waals surface area contributed by atoms with E-state index in [4.69, 9.17) is 4.74 Å². The predicted molar refractivity (Wildman–Crippen MR) is 43.6 cm³/mol. The lowest BCUT2D eigenvalue weighted by Gasteiger charge is -2.19. The van der Waals surface area contributed by atoms with Gasteiger partial charge in [0.2, 0.25) is 0 Å². The van der Waals surface area contributed by atoms with Crippen LogP contribution in [-0.4, -0.2) is 18.1 Å². The van der Waals surface area contributed by atoms with Crippen LogP contribution in [0.2, 0.25) is 0 Å². The summed E-state index contributed by atoms with van der Waals surface area (Å²) in [6.07, 6.45) is 4.05. The molecule has 0 aromatic heterocycles. The average Bonchev–Trinajstić information content (AvgIpc) is 2.45. The summed E-state index contributed by atoms with van der Waals surface area (Å²) in [5, 5.41) is 0. The molecule has 2 aliphatic rings. The van der Waals surface area contributed by atoms with E-state index in [-0.39, 0.29) is 0 Å². The predicted octanol–water partition coefficient (Wildman–Crippen LogP) is 1.63. The molecule has 0 atom stereocenters. The lowest BCUT2D eigenvalue weighted by Crippen LogP contribution is -2.15. The van der Waals surface area contributed by atoms with Crippen LogP contribution in [0.25, 0.3) is 0 Å². The highest BCUT2D eigenvalue weighted by Crippen LogP contribution is 2.27. The lowest BCUT2D eigenvalue weighted by atomic mass is 10.1. The van der Waals surface area contributed by atoms with Crippen molar-refractivity contribution in [2.75, 3.05) is 13.2 Å². The highest BCUT2D eigenvalue weighted by molar-refractivity contribution is 5.41. The van der Waals surface area contributed by atoms with E-state index < -0.39 is 0 Å². The molecule has 1 fully saturated rings. The smallest absolute Gasteiger partial charge is 0.197 e. The zero-order chi connectivity index (χ0) is 7.84. The van der Waals surface area contributed by atoms with E-state index in [0.717, 1.165) is 30.2 Å². The van der Waals surface area contributed by atoms with E-state index in [1.54, 1.807) is 0 Å². The fourth-order valence-corrected chi connectivity index (χ4v) is 1.33. The van der Waals surface area contributed by atoms with Crippen LogP contribution in [0.5, 0.6) is 0 Å². The van der Waals surface area contributed by atoms with E-state index in [1.807, 2.05) is 19.2 Å². The Morgan fingerprint density at radius 3 is 3.27 bits per heavy atom. The molecule has 2 heterocycles. The van der Waals surface area contributed by atoms with Crippen LogP contribution in [0.3, 0.4) is 0 Å². The van der Waals surface area contributed by atoms with E-state index in [1.165, 1.54) is 0 Å².